The summed E-state index contributed by atoms with van der Waals surface area (Å²) in [6.07, 6.45) is -0.575. The zero-order valence-electron chi connectivity index (χ0n) is 12.3. The fourth-order valence-electron chi connectivity index (χ4n) is 2.21. The number of carbonyl (C=O) groups excluding carboxylic acids is 2. The molecule has 1 aromatic rings. The van der Waals surface area contributed by atoms with Crippen molar-refractivity contribution >= 4 is 11.8 Å². The molecule has 2 amide bonds. The molecule has 0 unspecified atom stereocenters. The Morgan fingerprint density at radius 1 is 1.52 bits per heavy atom. The minimum atomic E-state index is -0.910. The Balaban J connectivity index is 2.08. The van der Waals surface area contributed by atoms with E-state index in [1.165, 1.54) is 0 Å². The lowest BCUT2D eigenvalue weighted by molar-refractivity contribution is -0.124. The van der Waals surface area contributed by atoms with Crippen LogP contribution >= 0.6 is 0 Å². The zero-order valence-corrected chi connectivity index (χ0v) is 12.3. The molecule has 0 saturated carbocycles. The van der Waals surface area contributed by atoms with E-state index >= 15 is 0 Å². The summed E-state index contributed by atoms with van der Waals surface area (Å²) >= 11 is 0. The van der Waals surface area contributed by atoms with Gasteiger partial charge in [0, 0.05) is 6.54 Å². The third kappa shape index (κ3) is 4.45. The molecule has 1 aliphatic heterocycles. The van der Waals surface area contributed by atoms with Gasteiger partial charge in [-0.15, -0.1) is 0 Å². The number of nitrogens with one attached hydrogen (secondary N) is 2. The number of nitrogens with zero attached hydrogens (tertiary/aromatic N) is 2. The molecule has 1 aliphatic rings. The van der Waals surface area contributed by atoms with E-state index in [4.69, 9.17) is 21.1 Å². The van der Waals surface area contributed by atoms with E-state index in [-0.39, 0.29) is 31.2 Å². The van der Waals surface area contributed by atoms with Crippen molar-refractivity contribution in [3.8, 4) is 0 Å². The molecule has 0 aliphatic carbocycles. The van der Waals surface area contributed by atoms with E-state index in [2.05, 4.69) is 20.8 Å². The highest BCUT2D eigenvalue weighted by molar-refractivity contribution is 5.83. The van der Waals surface area contributed by atoms with Crippen LogP contribution in [0, 0.1) is 0 Å². The second-order valence-corrected chi connectivity index (χ2v) is 5.36. The molecule has 128 valence electrons. The van der Waals surface area contributed by atoms with Crippen LogP contribution in [0.1, 0.15) is 36.6 Å². The Morgan fingerprint density at radius 3 is 2.83 bits per heavy atom. The average molecular weight is 328 g/mol. The lowest BCUT2D eigenvalue weighted by atomic mass is 10.1. The number of β-amino-alcohol motifs (C(OH)–C–C–N with tert-alkyl or cyclic N) is 1. The van der Waals surface area contributed by atoms with Gasteiger partial charge in [0.25, 0.3) is 0 Å². The van der Waals surface area contributed by atoms with E-state index < -0.39 is 36.0 Å². The summed E-state index contributed by atoms with van der Waals surface area (Å²) in [6.45, 7) is -0.0651. The Kier molecular flexibility index (Phi) is 5.60. The topological polar surface area (TPSA) is 190 Å². The third-order valence-corrected chi connectivity index (χ3v) is 3.43. The molecule has 1 fully saturated rings. The van der Waals surface area contributed by atoms with Crippen molar-refractivity contribution in [3.05, 3.63) is 11.7 Å². The maximum Gasteiger partial charge on any atom is 0.249 e. The van der Waals surface area contributed by atoms with Gasteiger partial charge in [0.15, 0.2) is 5.82 Å². The second-order valence-electron chi connectivity index (χ2n) is 5.36. The number of primary amides is 1. The molecular formula is C12H20N6O5. The molecule has 1 aromatic heterocycles. The summed E-state index contributed by atoms with van der Waals surface area (Å²) in [5.74, 6) is -1.06. The number of rotatable bonds is 7. The van der Waals surface area contributed by atoms with Gasteiger partial charge >= 0.3 is 0 Å². The molecule has 11 heteroatoms. The lowest BCUT2D eigenvalue weighted by Crippen LogP contribution is -2.43. The van der Waals surface area contributed by atoms with Crippen LogP contribution in [-0.2, 0) is 9.59 Å². The van der Waals surface area contributed by atoms with Crippen LogP contribution in [0.15, 0.2) is 4.52 Å². The number of hydrogen-bond acceptors (Lipinski definition) is 9. The van der Waals surface area contributed by atoms with Gasteiger partial charge in [-0.3, -0.25) is 9.59 Å². The summed E-state index contributed by atoms with van der Waals surface area (Å²) in [6, 6.07) is -2.32. The van der Waals surface area contributed by atoms with Crippen LogP contribution < -0.4 is 22.1 Å². The predicted octanol–water partition coefficient (Wildman–Crippen LogP) is -3.18. The normalized spacial score (nSPS) is 23.4. The summed E-state index contributed by atoms with van der Waals surface area (Å²) < 4.78 is 4.99. The number of amides is 2. The lowest BCUT2D eigenvalue weighted by Gasteiger charge is -2.16. The second kappa shape index (κ2) is 7.46. The quantitative estimate of drug-likeness (QED) is 0.299. The van der Waals surface area contributed by atoms with Gasteiger partial charge in [-0.05, 0) is 6.42 Å². The molecule has 4 atom stereocenters. The van der Waals surface area contributed by atoms with Crippen molar-refractivity contribution in [2.45, 2.75) is 37.1 Å². The molecule has 23 heavy (non-hydrogen) atoms. The van der Waals surface area contributed by atoms with Gasteiger partial charge in [-0.1, -0.05) is 5.16 Å². The van der Waals surface area contributed by atoms with Crippen LogP contribution in [0.5, 0.6) is 0 Å². The van der Waals surface area contributed by atoms with Crippen molar-refractivity contribution in [3.63, 3.8) is 0 Å². The molecule has 1 saturated heterocycles. The Labute approximate surface area is 131 Å². The van der Waals surface area contributed by atoms with Crippen molar-refractivity contribution < 1.29 is 24.3 Å². The van der Waals surface area contributed by atoms with Gasteiger partial charge in [0.2, 0.25) is 17.7 Å². The van der Waals surface area contributed by atoms with Gasteiger partial charge < -0.3 is 36.8 Å². The van der Waals surface area contributed by atoms with Crippen molar-refractivity contribution in [2.24, 2.45) is 11.5 Å². The fraction of sp³-hybridized carbons (Fsp3) is 0.667. The van der Waals surface area contributed by atoms with E-state index in [9.17, 15) is 14.7 Å². The molecule has 11 nitrogen and oxygen atoms in total. The minimum absolute atomic E-state index is 0.0328. The standard InChI is InChI=1S/C12H20N6O5/c13-6(4-19)10-17-12(23-18-10)8(2-9(14)21)16-11(22)7-1-5(20)3-15-7/h5-8,15,19-20H,1-4,13H2,(H2,14,21)(H,16,22)/t5-,6-,7-,8-/m0/s1. The van der Waals surface area contributed by atoms with Crippen LogP contribution in [0.25, 0.3) is 0 Å². The molecule has 8 N–H and O–H groups in total. The number of aliphatic hydroxyl groups excluding tert-OH is 2. The highest BCUT2D eigenvalue weighted by Crippen LogP contribution is 2.18. The van der Waals surface area contributed by atoms with E-state index in [0.717, 1.165) is 0 Å². The first kappa shape index (κ1) is 17.3. The van der Waals surface area contributed by atoms with Crippen LogP contribution in [0.4, 0.5) is 0 Å². The minimum Gasteiger partial charge on any atom is -0.394 e. The monoisotopic (exact) mass is 328 g/mol. The molecule has 2 heterocycles. The molecule has 0 aromatic carbocycles. The first-order valence-electron chi connectivity index (χ1n) is 7.10. The SMILES string of the molecule is NC(=O)C[C@H](NC(=O)[C@@H]1C[C@H](O)CN1)c1nc([C@@H](N)CO)no1. The van der Waals surface area contributed by atoms with Gasteiger partial charge in [0.05, 0.1) is 31.2 Å². The molecule has 2 rings (SSSR count). The Bertz CT molecular complexity index is 564. The predicted molar refractivity (Wildman–Crippen MR) is 75.4 cm³/mol. The van der Waals surface area contributed by atoms with E-state index in [1.54, 1.807) is 0 Å². The summed E-state index contributed by atoms with van der Waals surface area (Å²) in [5.41, 5.74) is 10.7. The zero-order chi connectivity index (χ0) is 17.0. The van der Waals surface area contributed by atoms with Crippen LogP contribution in [0.2, 0.25) is 0 Å². The number of aromatic nitrogens is 2. The van der Waals surface area contributed by atoms with E-state index in [0.29, 0.717) is 6.54 Å². The molecule has 0 spiro atoms. The molecular weight excluding hydrogens is 308 g/mol. The first-order valence-corrected chi connectivity index (χ1v) is 7.10. The number of carbonyl (C=O) groups is 2. The van der Waals surface area contributed by atoms with Crippen LogP contribution in [0.3, 0.4) is 0 Å². The number of nitrogens with two attached hydrogens (primary N) is 2. The number of hydrogen-bond donors (Lipinski definition) is 6. The van der Waals surface area contributed by atoms with Crippen molar-refractivity contribution in [1.29, 1.82) is 0 Å². The Hall–Kier alpha value is -2.08. The summed E-state index contributed by atoms with van der Waals surface area (Å²) in [4.78, 5) is 27.3. The highest BCUT2D eigenvalue weighted by Gasteiger charge is 2.31. The third-order valence-electron chi connectivity index (χ3n) is 3.43. The van der Waals surface area contributed by atoms with Crippen LogP contribution in [-0.4, -0.2) is 57.5 Å². The summed E-state index contributed by atoms with van der Waals surface area (Å²) in [7, 11) is 0. The Morgan fingerprint density at radius 2 is 2.26 bits per heavy atom. The van der Waals surface area contributed by atoms with Gasteiger partial charge in [-0.25, -0.2) is 0 Å². The smallest absolute Gasteiger partial charge is 0.249 e. The highest BCUT2D eigenvalue weighted by atomic mass is 16.5. The fourth-order valence-corrected chi connectivity index (χ4v) is 2.21. The van der Waals surface area contributed by atoms with Crippen molar-refractivity contribution in [1.82, 2.24) is 20.8 Å². The number of aliphatic hydroxyl groups is 2. The largest absolute Gasteiger partial charge is 0.394 e. The molecule has 0 radical (unpaired) electrons. The maximum absolute atomic E-state index is 12.2. The first-order chi connectivity index (χ1) is 10.9. The average Bonchev–Trinajstić information content (AvgIpc) is 3.14. The van der Waals surface area contributed by atoms with Gasteiger partial charge in [0.1, 0.15) is 6.04 Å². The van der Waals surface area contributed by atoms with Gasteiger partial charge in [-0.2, -0.15) is 4.98 Å². The molecule has 0 bridgehead atoms. The maximum atomic E-state index is 12.2. The van der Waals surface area contributed by atoms with E-state index in [1.807, 2.05) is 0 Å². The summed E-state index contributed by atoms with van der Waals surface area (Å²) in [5, 5.41) is 27.5. The van der Waals surface area contributed by atoms with Crippen molar-refractivity contribution in [2.75, 3.05) is 13.2 Å².